The van der Waals surface area contributed by atoms with Gasteiger partial charge in [-0.3, -0.25) is 0 Å². The molecule has 0 aliphatic rings. The summed E-state index contributed by atoms with van der Waals surface area (Å²) in [4.78, 5) is 0. The summed E-state index contributed by atoms with van der Waals surface area (Å²) in [6, 6.07) is 9.51. The molecule has 96 valence electrons. The third-order valence-electron chi connectivity index (χ3n) is 2.44. The van der Waals surface area contributed by atoms with Gasteiger partial charge in [-0.15, -0.1) is 6.58 Å². The van der Waals surface area contributed by atoms with Crippen molar-refractivity contribution in [1.29, 1.82) is 0 Å². The number of allylic oxidation sites excluding steroid dienone is 3. The molecular formula is C16H20O2. The minimum Gasteiger partial charge on any atom is -0.483 e. The quantitative estimate of drug-likeness (QED) is 0.587. The van der Waals surface area contributed by atoms with Crippen molar-refractivity contribution in [2.75, 3.05) is 6.61 Å². The maximum absolute atomic E-state index is 9.46. The predicted octanol–water partition coefficient (Wildman–Crippen LogP) is 3.50. The van der Waals surface area contributed by atoms with Gasteiger partial charge in [0.15, 0.2) is 0 Å². The highest BCUT2D eigenvalue weighted by atomic mass is 16.5. The van der Waals surface area contributed by atoms with Crippen LogP contribution in [0.2, 0.25) is 0 Å². The number of hydrogen-bond donors (Lipinski definition) is 1. The number of ether oxygens (including phenoxy) is 1. The first-order chi connectivity index (χ1) is 8.81. The summed E-state index contributed by atoms with van der Waals surface area (Å²) in [5.41, 5.74) is 0.962. The molecule has 1 N–H and O–H groups in total. The lowest BCUT2D eigenvalue weighted by atomic mass is 10.1. The summed E-state index contributed by atoms with van der Waals surface area (Å²) in [6.07, 6.45) is 8.13. The van der Waals surface area contributed by atoms with Gasteiger partial charge in [-0.25, -0.2) is 0 Å². The molecule has 0 bridgehead atoms. The fraction of sp³-hybridized carbons (Fsp3) is 0.250. The van der Waals surface area contributed by atoms with E-state index in [1.54, 1.807) is 0 Å². The lowest BCUT2D eigenvalue weighted by molar-refractivity contribution is 0.143. The van der Waals surface area contributed by atoms with Crippen molar-refractivity contribution in [2.45, 2.75) is 19.4 Å². The second-order valence-electron chi connectivity index (χ2n) is 3.83. The molecule has 1 aromatic carbocycles. The Labute approximate surface area is 109 Å². The minimum atomic E-state index is -0.344. The van der Waals surface area contributed by atoms with Crippen LogP contribution in [0.3, 0.4) is 0 Å². The van der Waals surface area contributed by atoms with Crippen LogP contribution in [0.4, 0.5) is 0 Å². The topological polar surface area (TPSA) is 29.5 Å². The SMILES string of the molecule is C=CC/C=C(\C=C/C)C(CO)Oc1ccccc1. The van der Waals surface area contributed by atoms with E-state index in [9.17, 15) is 5.11 Å². The Hall–Kier alpha value is -1.80. The van der Waals surface area contributed by atoms with E-state index < -0.39 is 0 Å². The maximum Gasteiger partial charge on any atom is 0.146 e. The lowest BCUT2D eigenvalue weighted by Gasteiger charge is -2.18. The van der Waals surface area contributed by atoms with Crippen LogP contribution in [-0.2, 0) is 0 Å². The van der Waals surface area contributed by atoms with E-state index >= 15 is 0 Å². The van der Waals surface area contributed by atoms with Crippen LogP contribution in [0.15, 0.2) is 66.8 Å². The third-order valence-corrected chi connectivity index (χ3v) is 2.44. The van der Waals surface area contributed by atoms with Gasteiger partial charge < -0.3 is 9.84 Å². The first-order valence-electron chi connectivity index (χ1n) is 6.08. The number of aliphatic hydroxyl groups excluding tert-OH is 1. The van der Waals surface area contributed by atoms with Gasteiger partial charge in [0.2, 0.25) is 0 Å². The summed E-state index contributed by atoms with van der Waals surface area (Å²) in [5.74, 6) is 0.755. The van der Waals surface area contributed by atoms with Gasteiger partial charge in [0.05, 0.1) is 6.61 Å². The molecule has 2 nitrogen and oxygen atoms in total. The number of benzene rings is 1. The zero-order valence-electron chi connectivity index (χ0n) is 10.8. The summed E-state index contributed by atoms with van der Waals surface area (Å²) in [5, 5.41) is 9.46. The molecule has 0 amide bonds. The number of para-hydroxylation sites is 1. The zero-order chi connectivity index (χ0) is 13.2. The average Bonchev–Trinajstić information content (AvgIpc) is 2.42. The van der Waals surface area contributed by atoms with E-state index in [1.165, 1.54) is 0 Å². The predicted molar refractivity (Wildman–Crippen MR) is 75.7 cm³/mol. The van der Waals surface area contributed by atoms with Gasteiger partial charge in [0.25, 0.3) is 0 Å². The summed E-state index contributed by atoms with van der Waals surface area (Å²) in [7, 11) is 0. The normalized spacial score (nSPS) is 13.6. The van der Waals surface area contributed by atoms with Crippen molar-refractivity contribution < 1.29 is 9.84 Å². The van der Waals surface area contributed by atoms with E-state index in [0.29, 0.717) is 0 Å². The van der Waals surface area contributed by atoms with Crippen molar-refractivity contribution in [3.05, 3.63) is 66.8 Å². The van der Waals surface area contributed by atoms with E-state index in [0.717, 1.165) is 17.7 Å². The van der Waals surface area contributed by atoms with Crippen molar-refractivity contribution >= 4 is 0 Å². The Kier molecular flexibility index (Phi) is 6.59. The van der Waals surface area contributed by atoms with Crippen molar-refractivity contribution in [1.82, 2.24) is 0 Å². The van der Waals surface area contributed by atoms with Crippen LogP contribution in [0, 0.1) is 0 Å². The van der Waals surface area contributed by atoms with Crippen LogP contribution in [0.1, 0.15) is 13.3 Å². The second kappa shape index (κ2) is 8.31. The first kappa shape index (κ1) is 14.3. The molecule has 0 saturated heterocycles. The zero-order valence-corrected chi connectivity index (χ0v) is 10.8. The van der Waals surface area contributed by atoms with Gasteiger partial charge >= 0.3 is 0 Å². The number of hydrogen-bond acceptors (Lipinski definition) is 2. The monoisotopic (exact) mass is 244 g/mol. The minimum absolute atomic E-state index is 0.0534. The number of aliphatic hydroxyl groups is 1. The molecule has 1 atom stereocenters. The van der Waals surface area contributed by atoms with E-state index in [-0.39, 0.29) is 12.7 Å². The van der Waals surface area contributed by atoms with Crippen LogP contribution in [0.25, 0.3) is 0 Å². The molecule has 18 heavy (non-hydrogen) atoms. The Morgan fingerprint density at radius 3 is 2.67 bits per heavy atom. The van der Waals surface area contributed by atoms with E-state index in [1.807, 2.05) is 61.6 Å². The fourth-order valence-corrected chi connectivity index (χ4v) is 1.59. The molecule has 0 aromatic heterocycles. The Bertz CT molecular complexity index is 404. The summed E-state index contributed by atoms with van der Waals surface area (Å²) in [6.45, 7) is 5.58. The van der Waals surface area contributed by atoms with Crippen LogP contribution >= 0.6 is 0 Å². The molecule has 0 saturated carbocycles. The fourth-order valence-electron chi connectivity index (χ4n) is 1.59. The third kappa shape index (κ3) is 4.60. The smallest absolute Gasteiger partial charge is 0.146 e. The van der Waals surface area contributed by atoms with Crippen molar-refractivity contribution in [2.24, 2.45) is 0 Å². The van der Waals surface area contributed by atoms with Gasteiger partial charge in [0.1, 0.15) is 11.9 Å². The molecule has 0 aliphatic carbocycles. The lowest BCUT2D eigenvalue weighted by Crippen LogP contribution is -2.23. The van der Waals surface area contributed by atoms with Crippen molar-refractivity contribution in [3.63, 3.8) is 0 Å². The van der Waals surface area contributed by atoms with Gasteiger partial charge in [-0.1, -0.05) is 42.5 Å². The molecule has 2 heteroatoms. The first-order valence-corrected chi connectivity index (χ1v) is 6.08. The number of rotatable bonds is 7. The van der Waals surface area contributed by atoms with Crippen LogP contribution in [0.5, 0.6) is 5.75 Å². The molecule has 1 rings (SSSR count). The summed E-state index contributed by atoms with van der Waals surface area (Å²) < 4.78 is 5.77. The molecule has 1 unspecified atom stereocenters. The Balaban J connectivity index is 2.82. The van der Waals surface area contributed by atoms with Crippen LogP contribution in [-0.4, -0.2) is 17.8 Å². The van der Waals surface area contributed by atoms with Crippen LogP contribution < -0.4 is 4.74 Å². The highest BCUT2D eigenvalue weighted by Crippen LogP contribution is 2.16. The van der Waals surface area contributed by atoms with Crippen molar-refractivity contribution in [3.8, 4) is 5.75 Å². The maximum atomic E-state index is 9.46. The Morgan fingerprint density at radius 1 is 1.39 bits per heavy atom. The molecule has 0 radical (unpaired) electrons. The molecule has 0 fully saturated rings. The average molecular weight is 244 g/mol. The molecule has 1 aromatic rings. The Morgan fingerprint density at radius 2 is 2.11 bits per heavy atom. The van der Waals surface area contributed by atoms with Gasteiger partial charge in [0, 0.05) is 0 Å². The molecule has 0 aliphatic heterocycles. The molecule has 0 spiro atoms. The highest BCUT2D eigenvalue weighted by molar-refractivity contribution is 5.28. The highest BCUT2D eigenvalue weighted by Gasteiger charge is 2.12. The molecular weight excluding hydrogens is 224 g/mol. The molecule has 0 heterocycles. The van der Waals surface area contributed by atoms with E-state index in [2.05, 4.69) is 6.58 Å². The van der Waals surface area contributed by atoms with E-state index in [4.69, 9.17) is 4.74 Å². The second-order valence-corrected chi connectivity index (χ2v) is 3.83. The standard InChI is InChI=1S/C16H20O2/c1-3-5-10-14(9-4-2)16(13-17)18-15-11-7-6-8-12-15/h3-4,6-12,16-17H,1,5,13H2,2H3/b9-4-,14-10+. The largest absolute Gasteiger partial charge is 0.483 e. The summed E-state index contributed by atoms with van der Waals surface area (Å²) >= 11 is 0. The van der Waals surface area contributed by atoms with Gasteiger partial charge in [-0.2, -0.15) is 0 Å². The van der Waals surface area contributed by atoms with Gasteiger partial charge in [-0.05, 0) is 31.1 Å².